The summed E-state index contributed by atoms with van der Waals surface area (Å²) < 4.78 is 71.6. The number of hydrogen-bond acceptors (Lipinski definition) is 2. The average Bonchev–Trinajstić information content (AvgIpc) is 2.00. The van der Waals surface area contributed by atoms with E-state index in [2.05, 4.69) is 0 Å². The normalized spacial score (nSPS) is 12.1. The smallest absolute Gasteiger partial charge is 0.207 e. The topological polar surface area (TPSA) is 34.1 Å². The van der Waals surface area contributed by atoms with Crippen LogP contribution in [-0.2, 0) is 9.05 Å². The van der Waals surface area contributed by atoms with Gasteiger partial charge in [-0.15, -0.1) is 0 Å². The molecule has 0 aliphatic rings. The molecule has 0 N–H and O–H groups in total. The van der Waals surface area contributed by atoms with Gasteiger partial charge in [-0.2, -0.15) is 0 Å². The summed E-state index contributed by atoms with van der Waals surface area (Å²) in [5.41, 5.74) is -1.21. The molecule has 0 heterocycles. The fraction of sp³-hybridized carbons (Fsp3) is 0.143. The Morgan fingerprint density at radius 2 is 1.73 bits per heavy atom. The molecule has 0 bridgehead atoms. The highest BCUT2D eigenvalue weighted by Gasteiger charge is 2.27. The summed E-state index contributed by atoms with van der Waals surface area (Å²) in [7, 11) is -0.0382. The Morgan fingerprint density at radius 1 is 1.20 bits per heavy atom. The van der Waals surface area contributed by atoms with Gasteiger partial charge in [-0.1, -0.05) is 0 Å². The maximum absolute atomic E-state index is 13.1. The lowest BCUT2D eigenvalue weighted by Crippen LogP contribution is -2.04. The fourth-order valence-electron chi connectivity index (χ4n) is 0.940. The maximum Gasteiger partial charge on any atom is 0.267 e. The molecule has 84 valence electrons. The third-order valence-electron chi connectivity index (χ3n) is 1.56. The second kappa shape index (κ2) is 3.97. The van der Waals surface area contributed by atoms with Crippen LogP contribution in [0.4, 0.5) is 17.6 Å². The first-order valence-corrected chi connectivity index (χ1v) is 5.76. The molecule has 0 unspecified atom stereocenters. The van der Waals surface area contributed by atoms with Crippen molar-refractivity contribution < 1.29 is 26.0 Å². The van der Waals surface area contributed by atoms with E-state index in [1.807, 2.05) is 0 Å². The van der Waals surface area contributed by atoms with Crippen LogP contribution in [0.3, 0.4) is 0 Å². The third kappa shape index (κ3) is 2.40. The molecule has 0 atom stereocenters. The largest absolute Gasteiger partial charge is 0.267 e. The lowest BCUT2D eigenvalue weighted by molar-refractivity contribution is 0.145. The van der Waals surface area contributed by atoms with Gasteiger partial charge in [-0.3, -0.25) is 0 Å². The number of alkyl halides is 2. The van der Waals surface area contributed by atoms with Crippen LogP contribution < -0.4 is 0 Å². The Morgan fingerprint density at radius 3 is 2.13 bits per heavy atom. The van der Waals surface area contributed by atoms with E-state index in [1.165, 1.54) is 0 Å². The van der Waals surface area contributed by atoms with Crippen molar-refractivity contribution >= 4 is 19.7 Å². The molecule has 1 rings (SSSR count). The number of benzene rings is 1. The number of rotatable bonds is 2. The molecule has 0 amide bonds. The van der Waals surface area contributed by atoms with E-state index in [-0.39, 0.29) is 0 Å². The Labute approximate surface area is 86.9 Å². The molecular weight excluding hydrogens is 260 g/mol. The zero-order valence-electron chi connectivity index (χ0n) is 6.85. The lowest BCUT2D eigenvalue weighted by atomic mass is 10.2. The van der Waals surface area contributed by atoms with E-state index in [9.17, 15) is 26.0 Å². The summed E-state index contributed by atoms with van der Waals surface area (Å²) in [6, 6.07) is 0.876. The fourth-order valence-corrected chi connectivity index (χ4v) is 2.00. The Balaban J connectivity index is 3.59. The number of halogens is 5. The molecule has 0 aliphatic heterocycles. The van der Waals surface area contributed by atoms with Crippen molar-refractivity contribution in [2.75, 3.05) is 0 Å². The van der Waals surface area contributed by atoms with Gasteiger partial charge in [0.05, 0.1) is 5.56 Å². The first-order chi connectivity index (χ1) is 6.75. The molecule has 0 saturated carbocycles. The molecule has 0 aromatic heterocycles. The summed E-state index contributed by atoms with van der Waals surface area (Å²) in [4.78, 5) is -1.55. The van der Waals surface area contributed by atoms with Crippen molar-refractivity contribution in [1.82, 2.24) is 0 Å². The Hall–Kier alpha value is -0.820. The summed E-state index contributed by atoms with van der Waals surface area (Å²) in [5, 5.41) is 0. The van der Waals surface area contributed by atoms with Gasteiger partial charge < -0.3 is 0 Å². The Kier molecular flexibility index (Phi) is 3.25. The average molecular weight is 263 g/mol. The monoisotopic (exact) mass is 262 g/mol. The van der Waals surface area contributed by atoms with Gasteiger partial charge in [-0.05, 0) is 12.1 Å². The van der Waals surface area contributed by atoms with Crippen LogP contribution in [0.1, 0.15) is 12.0 Å². The van der Waals surface area contributed by atoms with Crippen molar-refractivity contribution in [2.45, 2.75) is 11.3 Å². The van der Waals surface area contributed by atoms with E-state index in [1.54, 1.807) is 0 Å². The van der Waals surface area contributed by atoms with Crippen LogP contribution >= 0.6 is 10.7 Å². The molecule has 1 aromatic carbocycles. The Bertz CT molecular complexity index is 486. The summed E-state index contributed by atoms with van der Waals surface area (Å²) >= 11 is 0. The van der Waals surface area contributed by atoms with Crippen molar-refractivity contribution in [3.05, 3.63) is 29.3 Å². The van der Waals surface area contributed by atoms with Gasteiger partial charge in [0, 0.05) is 10.7 Å². The third-order valence-corrected chi connectivity index (χ3v) is 2.88. The predicted molar refractivity (Wildman–Crippen MR) is 44.4 cm³/mol. The van der Waals surface area contributed by atoms with Crippen LogP contribution in [0.25, 0.3) is 0 Å². The maximum atomic E-state index is 13.1. The summed E-state index contributed by atoms with van der Waals surface area (Å²) in [6.07, 6.45) is -3.25. The van der Waals surface area contributed by atoms with Crippen LogP contribution in [-0.4, -0.2) is 8.42 Å². The quantitative estimate of drug-likeness (QED) is 0.607. The second-order valence-corrected chi connectivity index (χ2v) is 5.02. The van der Waals surface area contributed by atoms with Crippen molar-refractivity contribution in [2.24, 2.45) is 0 Å². The molecule has 2 nitrogen and oxygen atoms in total. The van der Waals surface area contributed by atoms with Crippen molar-refractivity contribution in [3.63, 3.8) is 0 Å². The minimum absolute atomic E-state index is 0.417. The highest BCUT2D eigenvalue weighted by Crippen LogP contribution is 2.30. The van der Waals surface area contributed by atoms with Gasteiger partial charge >= 0.3 is 0 Å². The van der Waals surface area contributed by atoms with Gasteiger partial charge in [0.15, 0.2) is 10.7 Å². The van der Waals surface area contributed by atoms with Crippen LogP contribution in [0, 0.1) is 11.6 Å². The lowest BCUT2D eigenvalue weighted by Gasteiger charge is -2.05. The molecule has 0 aliphatic carbocycles. The molecule has 0 saturated heterocycles. The molecule has 8 heteroatoms. The van der Waals surface area contributed by atoms with Crippen LogP contribution in [0.5, 0.6) is 0 Å². The zero-order valence-corrected chi connectivity index (χ0v) is 8.42. The standard InChI is InChI=1S/C7H3ClF4O2S/c8-15(13,14)6-4(9)2-1-3(5(6)10)7(11)12/h1-2,7H. The molecule has 1 aromatic rings. The van der Waals surface area contributed by atoms with Crippen LogP contribution in [0.15, 0.2) is 17.0 Å². The van der Waals surface area contributed by atoms with E-state index in [4.69, 9.17) is 10.7 Å². The second-order valence-electron chi connectivity index (χ2n) is 2.52. The molecule has 15 heavy (non-hydrogen) atoms. The van der Waals surface area contributed by atoms with Gasteiger partial charge in [-0.25, -0.2) is 26.0 Å². The van der Waals surface area contributed by atoms with Crippen molar-refractivity contribution in [1.29, 1.82) is 0 Å². The van der Waals surface area contributed by atoms with E-state index < -0.39 is 37.6 Å². The first-order valence-electron chi connectivity index (χ1n) is 3.46. The van der Waals surface area contributed by atoms with Crippen LogP contribution in [0.2, 0.25) is 0 Å². The van der Waals surface area contributed by atoms with E-state index >= 15 is 0 Å². The minimum atomic E-state index is -4.73. The SMILES string of the molecule is O=S(=O)(Cl)c1c(F)ccc(C(F)F)c1F. The highest BCUT2D eigenvalue weighted by atomic mass is 35.7. The summed E-state index contributed by atoms with van der Waals surface area (Å²) in [6.45, 7) is 0. The predicted octanol–water partition coefficient (Wildman–Crippen LogP) is 2.83. The van der Waals surface area contributed by atoms with Gasteiger partial charge in [0.1, 0.15) is 5.82 Å². The highest BCUT2D eigenvalue weighted by molar-refractivity contribution is 8.13. The summed E-state index contributed by atoms with van der Waals surface area (Å²) in [5.74, 6) is -3.37. The first kappa shape index (κ1) is 12.3. The molecule has 0 radical (unpaired) electrons. The molecule has 0 spiro atoms. The minimum Gasteiger partial charge on any atom is -0.207 e. The van der Waals surface area contributed by atoms with Crippen molar-refractivity contribution in [3.8, 4) is 0 Å². The number of hydrogen-bond donors (Lipinski definition) is 0. The zero-order chi connectivity index (χ0) is 11.8. The van der Waals surface area contributed by atoms with Gasteiger partial charge in [0.2, 0.25) is 0 Å². The van der Waals surface area contributed by atoms with Gasteiger partial charge in [0.25, 0.3) is 15.5 Å². The van der Waals surface area contributed by atoms with E-state index in [0.717, 1.165) is 0 Å². The van der Waals surface area contributed by atoms with E-state index in [0.29, 0.717) is 12.1 Å². The molecular formula is C7H3ClF4O2S. The molecule has 0 fully saturated rings.